The molecule has 2 aromatic carbocycles. The molecular weight excluding hydrogens is 414 g/mol. The van der Waals surface area contributed by atoms with E-state index >= 15 is 0 Å². The van der Waals surface area contributed by atoms with Crippen LogP contribution in [0.3, 0.4) is 0 Å². The number of carbonyl (C=O) groups excluding carboxylic acids is 1. The van der Waals surface area contributed by atoms with Crippen molar-refractivity contribution in [2.75, 3.05) is 6.54 Å². The number of hydrogen-bond acceptors (Lipinski definition) is 3. The molecule has 6 heteroatoms. The predicted octanol–water partition coefficient (Wildman–Crippen LogP) is 5.42. The van der Waals surface area contributed by atoms with Crippen molar-refractivity contribution >= 4 is 17.2 Å². The van der Waals surface area contributed by atoms with E-state index in [9.17, 15) is 13.6 Å². The van der Waals surface area contributed by atoms with Gasteiger partial charge in [-0.2, -0.15) is 0 Å². The number of carbonyl (C=O) groups is 1. The molecule has 1 aliphatic rings. The summed E-state index contributed by atoms with van der Waals surface area (Å²) in [5.41, 5.74) is 1.59. The van der Waals surface area contributed by atoms with Gasteiger partial charge in [0.05, 0.1) is 5.01 Å². The van der Waals surface area contributed by atoms with Gasteiger partial charge >= 0.3 is 0 Å². The first-order chi connectivity index (χ1) is 15.1. The summed E-state index contributed by atoms with van der Waals surface area (Å²) in [6, 6.07) is 12.9. The first-order valence-corrected chi connectivity index (χ1v) is 11.3. The summed E-state index contributed by atoms with van der Waals surface area (Å²) in [6.45, 7) is 0.625. The molecule has 0 aliphatic heterocycles. The van der Waals surface area contributed by atoms with Gasteiger partial charge in [0, 0.05) is 23.5 Å². The third-order valence-electron chi connectivity index (χ3n) is 5.81. The average molecular weight is 439 g/mol. The van der Waals surface area contributed by atoms with Crippen molar-refractivity contribution < 1.29 is 13.6 Å². The van der Waals surface area contributed by atoms with Crippen LogP contribution in [-0.4, -0.2) is 17.4 Å². The first-order valence-electron chi connectivity index (χ1n) is 10.4. The van der Waals surface area contributed by atoms with Crippen LogP contribution in [0, 0.1) is 17.6 Å². The second kappa shape index (κ2) is 9.52. The van der Waals surface area contributed by atoms with Crippen molar-refractivity contribution in [3.63, 3.8) is 0 Å². The zero-order chi connectivity index (χ0) is 21.7. The van der Waals surface area contributed by atoms with Crippen molar-refractivity contribution in [3.05, 3.63) is 100 Å². The summed E-state index contributed by atoms with van der Waals surface area (Å²) in [5.74, 6) is -0.604. The minimum Gasteiger partial charge on any atom is -0.353 e. The van der Waals surface area contributed by atoms with E-state index in [2.05, 4.69) is 10.3 Å². The first kappa shape index (κ1) is 21.4. The molecule has 1 aromatic heterocycles. The van der Waals surface area contributed by atoms with Gasteiger partial charge < -0.3 is 5.32 Å². The summed E-state index contributed by atoms with van der Waals surface area (Å²) >= 11 is 1.65. The topological polar surface area (TPSA) is 42.0 Å². The van der Waals surface area contributed by atoms with Crippen molar-refractivity contribution in [2.24, 2.45) is 5.92 Å². The standard InChI is InChI=1S/C25H24F2N2OS/c26-21-9-4-18(5-10-21)25(19-6-11-22(27)12-7-19)17-20(25)8-13-23(30)28-14-2-1-3-24-29-15-16-31-24/h4-13,15-16,20H,1-3,14,17H2,(H,28,30)/t20-/m1/s1. The van der Waals surface area contributed by atoms with E-state index < -0.39 is 0 Å². The summed E-state index contributed by atoms with van der Waals surface area (Å²) in [5, 5.41) is 6.02. The molecule has 1 aliphatic carbocycles. The van der Waals surface area contributed by atoms with E-state index in [1.165, 1.54) is 24.3 Å². The summed E-state index contributed by atoms with van der Waals surface area (Å²) in [7, 11) is 0. The van der Waals surface area contributed by atoms with E-state index in [4.69, 9.17) is 0 Å². The normalized spacial score (nSPS) is 17.0. The lowest BCUT2D eigenvalue weighted by Crippen LogP contribution is -2.22. The Kier molecular flexibility index (Phi) is 6.56. The maximum absolute atomic E-state index is 13.4. The minimum absolute atomic E-state index is 0.0964. The fraction of sp³-hybridized carbons (Fsp3) is 0.280. The summed E-state index contributed by atoms with van der Waals surface area (Å²) in [6.07, 6.45) is 8.92. The summed E-state index contributed by atoms with van der Waals surface area (Å²) in [4.78, 5) is 16.5. The molecule has 1 N–H and O–H groups in total. The van der Waals surface area contributed by atoms with Crippen LogP contribution in [0.4, 0.5) is 8.78 Å². The second-order valence-corrected chi connectivity index (χ2v) is 8.81. The smallest absolute Gasteiger partial charge is 0.243 e. The molecule has 0 bridgehead atoms. The number of rotatable bonds is 9. The highest BCUT2D eigenvalue weighted by atomic mass is 32.1. The van der Waals surface area contributed by atoms with E-state index in [-0.39, 0.29) is 28.9 Å². The third-order valence-corrected chi connectivity index (χ3v) is 6.65. The molecule has 0 spiro atoms. The molecule has 1 fully saturated rings. The van der Waals surface area contributed by atoms with Gasteiger partial charge in [0.25, 0.3) is 0 Å². The van der Waals surface area contributed by atoms with Crippen molar-refractivity contribution in [1.82, 2.24) is 10.3 Å². The molecule has 0 radical (unpaired) electrons. The number of unbranched alkanes of at least 4 members (excludes halogenated alkanes) is 1. The van der Waals surface area contributed by atoms with Crippen molar-refractivity contribution in [1.29, 1.82) is 0 Å². The number of amides is 1. The number of hydrogen-bond donors (Lipinski definition) is 1. The number of thiazole rings is 1. The Morgan fingerprint density at radius 1 is 1.06 bits per heavy atom. The Labute approximate surface area is 184 Å². The maximum Gasteiger partial charge on any atom is 0.243 e. The fourth-order valence-electron chi connectivity index (χ4n) is 4.10. The molecule has 3 aromatic rings. The van der Waals surface area contributed by atoms with Gasteiger partial charge in [0.15, 0.2) is 0 Å². The SMILES string of the molecule is O=C(C=C[C@@H]1CC1(c1ccc(F)cc1)c1ccc(F)cc1)NCCCCc1nccs1. The highest BCUT2D eigenvalue weighted by Crippen LogP contribution is 2.59. The number of nitrogens with one attached hydrogen (secondary N) is 1. The number of halogens is 2. The van der Waals surface area contributed by atoms with E-state index in [0.29, 0.717) is 6.54 Å². The number of benzene rings is 2. The van der Waals surface area contributed by atoms with Gasteiger partial charge in [-0.15, -0.1) is 11.3 Å². The van der Waals surface area contributed by atoms with Crippen molar-refractivity contribution in [3.8, 4) is 0 Å². The summed E-state index contributed by atoms with van der Waals surface area (Å²) < 4.78 is 26.9. The van der Waals surface area contributed by atoms with Crippen molar-refractivity contribution in [2.45, 2.75) is 31.1 Å². The fourth-order valence-corrected chi connectivity index (χ4v) is 4.76. The van der Waals surface area contributed by atoms with Crippen LogP contribution in [0.2, 0.25) is 0 Å². The molecule has 31 heavy (non-hydrogen) atoms. The van der Waals surface area contributed by atoms with Gasteiger partial charge in [0.2, 0.25) is 5.91 Å². The van der Waals surface area contributed by atoms with E-state index in [0.717, 1.165) is 41.8 Å². The largest absolute Gasteiger partial charge is 0.353 e. The second-order valence-electron chi connectivity index (χ2n) is 7.83. The van der Waals surface area contributed by atoms with Gasteiger partial charge in [-0.05, 0) is 73.1 Å². The van der Waals surface area contributed by atoms with E-state index in [1.807, 2.05) is 17.7 Å². The minimum atomic E-state index is -0.355. The van der Waals surface area contributed by atoms with Crippen LogP contribution in [0.15, 0.2) is 72.3 Å². The maximum atomic E-state index is 13.4. The lowest BCUT2D eigenvalue weighted by atomic mass is 9.85. The zero-order valence-electron chi connectivity index (χ0n) is 17.1. The van der Waals surface area contributed by atoms with Gasteiger partial charge in [-0.25, -0.2) is 13.8 Å². The van der Waals surface area contributed by atoms with Gasteiger partial charge in [-0.3, -0.25) is 4.79 Å². The van der Waals surface area contributed by atoms with Crippen LogP contribution in [-0.2, 0) is 16.6 Å². The number of nitrogens with zero attached hydrogens (tertiary/aromatic N) is 1. The Balaban J connectivity index is 1.35. The lowest BCUT2D eigenvalue weighted by Gasteiger charge is -2.18. The Hall–Kier alpha value is -2.86. The number of aromatic nitrogens is 1. The molecule has 3 nitrogen and oxygen atoms in total. The monoisotopic (exact) mass is 438 g/mol. The number of allylic oxidation sites excluding steroid dienone is 1. The molecular formula is C25H24F2N2OS. The number of aryl methyl sites for hydroxylation is 1. The van der Waals surface area contributed by atoms with Crippen LogP contribution in [0.25, 0.3) is 0 Å². The lowest BCUT2D eigenvalue weighted by molar-refractivity contribution is -0.116. The predicted molar refractivity (Wildman–Crippen MR) is 119 cm³/mol. The zero-order valence-corrected chi connectivity index (χ0v) is 17.9. The van der Waals surface area contributed by atoms with Crippen LogP contribution in [0.1, 0.15) is 35.4 Å². The molecule has 4 rings (SSSR count). The molecule has 1 heterocycles. The quantitative estimate of drug-likeness (QED) is 0.358. The molecule has 1 saturated carbocycles. The van der Waals surface area contributed by atoms with Crippen LogP contribution >= 0.6 is 11.3 Å². The molecule has 1 amide bonds. The Morgan fingerprint density at radius 3 is 2.29 bits per heavy atom. The van der Waals surface area contributed by atoms with Crippen LogP contribution in [0.5, 0.6) is 0 Å². The average Bonchev–Trinajstić information content (AvgIpc) is 3.26. The Morgan fingerprint density at radius 2 is 1.71 bits per heavy atom. The molecule has 0 unspecified atom stereocenters. The van der Waals surface area contributed by atoms with Gasteiger partial charge in [-0.1, -0.05) is 30.3 Å². The molecule has 1 atom stereocenters. The molecule has 0 saturated heterocycles. The van der Waals surface area contributed by atoms with Gasteiger partial charge in [0.1, 0.15) is 11.6 Å². The van der Waals surface area contributed by atoms with Crippen LogP contribution < -0.4 is 5.32 Å². The van der Waals surface area contributed by atoms with E-state index in [1.54, 1.807) is 41.7 Å². The highest BCUT2D eigenvalue weighted by Gasteiger charge is 2.55. The Bertz CT molecular complexity index is 985. The molecule has 160 valence electrons. The highest BCUT2D eigenvalue weighted by molar-refractivity contribution is 7.09. The third kappa shape index (κ3) is 5.07.